The largest absolute Gasteiger partial charge is 0.490 e. The number of hydrogen-bond acceptors (Lipinski definition) is 5. The second-order valence-corrected chi connectivity index (χ2v) is 5.93. The van der Waals surface area contributed by atoms with Crippen LogP contribution in [0.15, 0.2) is 42.5 Å². The standard InChI is InChI=1S/C19H20ClNO6/c1-25-7-8-26-17-6-5-14(20)10-16(17)19(24)21-11-13-3-2-4-15(9-13)27-12-18(22)23/h2-6,9-10H,7-8,11-12H2,1H3,(H,21,24)(H,22,23). The van der Waals surface area contributed by atoms with E-state index >= 15 is 0 Å². The lowest BCUT2D eigenvalue weighted by atomic mass is 10.1. The van der Waals surface area contributed by atoms with Gasteiger partial charge >= 0.3 is 5.97 Å². The van der Waals surface area contributed by atoms with Gasteiger partial charge in [-0.05, 0) is 35.9 Å². The first-order valence-corrected chi connectivity index (χ1v) is 8.50. The summed E-state index contributed by atoms with van der Waals surface area (Å²) in [6.45, 7) is 0.502. The lowest BCUT2D eigenvalue weighted by Crippen LogP contribution is -2.23. The summed E-state index contributed by atoms with van der Waals surface area (Å²) in [6, 6.07) is 11.6. The van der Waals surface area contributed by atoms with Crippen LogP contribution in [-0.2, 0) is 16.1 Å². The van der Waals surface area contributed by atoms with E-state index in [-0.39, 0.29) is 12.5 Å². The van der Waals surface area contributed by atoms with Crippen molar-refractivity contribution in [2.45, 2.75) is 6.54 Å². The number of carbonyl (C=O) groups excluding carboxylic acids is 1. The Morgan fingerprint density at radius 2 is 1.93 bits per heavy atom. The minimum Gasteiger partial charge on any atom is -0.490 e. The molecule has 0 aliphatic rings. The average molecular weight is 394 g/mol. The van der Waals surface area contributed by atoms with Gasteiger partial charge in [0.2, 0.25) is 0 Å². The lowest BCUT2D eigenvalue weighted by Gasteiger charge is -2.12. The highest BCUT2D eigenvalue weighted by Crippen LogP contribution is 2.23. The van der Waals surface area contributed by atoms with Gasteiger partial charge in [0, 0.05) is 18.7 Å². The number of amides is 1. The first kappa shape index (κ1) is 20.5. The van der Waals surface area contributed by atoms with Crippen molar-refractivity contribution in [3.8, 4) is 11.5 Å². The van der Waals surface area contributed by atoms with Crippen LogP contribution in [0.1, 0.15) is 15.9 Å². The van der Waals surface area contributed by atoms with Gasteiger partial charge in [-0.3, -0.25) is 4.79 Å². The second kappa shape index (κ2) is 10.4. The van der Waals surface area contributed by atoms with E-state index < -0.39 is 12.6 Å². The smallest absolute Gasteiger partial charge is 0.341 e. The Morgan fingerprint density at radius 1 is 1.11 bits per heavy atom. The Bertz CT molecular complexity index is 796. The zero-order valence-electron chi connectivity index (χ0n) is 14.7. The SMILES string of the molecule is COCCOc1ccc(Cl)cc1C(=O)NCc1cccc(OCC(=O)O)c1. The molecule has 2 rings (SSSR count). The molecule has 8 heteroatoms. The normalized spacial score (nSPS) is 10.3. The van der Waals surface area contributed by atoms with E-state index in [9.17, 15) is 9.59 Å². The van der Waals surface area contributed by atoms with Crippen LogP contribution in [0.2, 0.25) is 5.02 Å². The van der Waals surface area contributed by atoms with E-state index in [1.807, 2.05) is 0 Å². The molecule has 0 saturated heterocycles. The maximum atomic E-state index is 12.5. The molecule has 0 aromatic heterocycles. The van der Waals surface area contributed by atoms with Crippen LogP contribution in [0.25, 0.3) is 0 Å². The number of carbonyl (C=O) groups is 2. The molecule has 0 bridgehead atoms. The lowest BCUT2D eigenvalue weighted by molar-refractivity contribution is -0.139. The highest BCUT2D eigenvalue weighted by molar-refractivity contribution is 6.31. The van der Waals surface area contributed by atoms with Crippen molar-refractivity contribution in [3.63, 3.8) is 0 Å². The number of benzene rings is 2. The first-order chi connectivity index (χ1) is 13.0. The summed E-state index contributed by atoms with van der Waals surface area (Å²) in [5.74, 6) is -0.583. The molecule has 2 aromatic carbocycles. The first-order valence-electron chi connectivity index (χ1n) is 8.12. The van der Waals surface area contributed by atoms with Crippen LogP contribution < -0.4 is 14.8 Å². The maximum absolute atomic E-state index is 12.5. The Labute approximate surface area is 161 Å². The van der Waals surface area contributed by atoms with Crippen LogP contribution in [-0.4, -0.2) is 43.9 Å². The fraction of sp³-hybridized carbons (Fsp3) is 0.263. The highest BCUT2D eigenvalue weighted by atomic mass is 35.5. The van der Waals surface area contributed by atoms with Gasteiger partial charge in [-0.2, -0.15) is 0 Å². The predicted octanol–water partition coefficient (Wildman–Crippen LogP) is 2.76. The number of ether oxygens (including phenoxy) is 3. The van der Waals surface area contributed by atoms with Gasteiger partial charge in [0.1, 0.15) is 18.1 Å². The minimum absolute atomic E-state index is 0.229. The predicted molar refractivity (Wildman–Crippen MR) is 99.6 cm³/mol. The van der Waals surface area contributed by atoms with Crippen molar-refractivity contribution >= 4 is 23.5 Å². The van der Waals surface area contributed by atoms with Gasteiger partial charge in [-0.25, -0.2) is 4.79 Å². The molecule has 0 heterocycles. The molecular weight excluding hydrogens is 374 g/mol. The molecule has 0 atom stereocenters. The average Bonchev–Trinajstić information content (AvgIpc) is 2.66. The molecule has 27 heavy (non-hydrogen) atoms. The molecular formula is C19H20ClNO6. The van der Waals surface area contributed by atoms with Crippen LogP contribution >= 0.6 is 11.6 Å². The molecule has 0 fully saturated rings. The monoisotopic (exact) mass is 393 g/mol. The van der Waals surface area contributed by atoms with E-state index in [4.69, 9.17) is 30.9 Å². The van der Waals surface area contributed by atoms with Crippen LogP contribution in [0.5, 0.6) is 11.5 Å². The summed E-state index contributed by atoms with van der Waals surface area (Å²) in [5, 5.41) is 11.9. The van der Waals surface area contributed by atoms with Crippen molar-refractivity contribution in [2.24, 2.45) is 0 Å². The molecule has 144 valence electrons. The number of carboxylic acid groups (broad SMARTS) is 1. The summed E-state index contributed by atoms with van der Waals surface area (Å²) in [6.07, 6.45) is 0. The zero-order valence-corrected chi connectivity index (χ0v) is 15.5. The number of hydrogen-bond donors (Lipinski definition) is 2. The molecule has 0 aliphatic heterocycles. The van der Waals surface area contributed by atoms with Crippen molar-refractivity contribution < 1.29 is 28.9 Å². The topological polar surface area (TPSA) is 94.1 Å². The summed E-state index contributed by atoms with van der Waals surface area (Å²) in [4.78, 5) is 23.1. The van der Waals surface area contributed by atoms with Crippen molar-refractivity contribution in [2.75, 3.05) is 26.9 Å². The Morgan fingerprint density at radius 3 is 2.67 bits per heavy atom. The molecule has 0 spiro atoms. The molecule has 0 saturated carbocycles. The van der Waals surface area contributed by atoms with E-state index in [1.165, 1.54) is 6.07 Å². The van der Waals surface area contributed by atoms with Gasteiger partial charge in [0.15, 0.2) is 6.61 Å². The molecule has 2 N–H and O–H groups in total. The molecule has 7 nitrogen and oxygen atoms in total. The van der Waals surface area contributed by atoms with Crippen LogP contribution in [0.4, 0.5) is 0 Å². The van der Waals surface area contributed by atoms with E-state index in [0.717, 1.165) is 5.56 Å². The van der Waals surface area contributed by atoms with E-state index in [1.54, 1.807) is 43.5 Å². The zero-order chi connectivity index (χ0) is 19.6. The van der Waals surface area contributed by atoms with E-state index in [0.29, 0.717) is 35.3 Å². The van der Waals surface area contributed by atoms with Gasteiger partial charge in [-0.15, -0.1) is 0 Å². The fourth-order valence-electron chi connectivity index (χ4n) is 2.21. The number of nitrogens with one attached hydrogen (secondary N) is 1. The summed E-state index contributed by atoms with van der Waals surface area (Å²) in [5.41, 5.74) is 1.08. The summed E-state index contributed by atoms with van der Waals surface area (Å²) >= 11 is 6.00. The van der Waals surface area contributed by atoms with Crippen LogP contribution in [0.3, 0.4) is 0 Å². The van der Waals surface area contributed by atoms with Gasteiger partial charge < -0.3 is 24.6 Å². The molecule has 1 amide bonds. The van der Waals surface area contributed by atoms with Gasteiger partial charge in [0.05, 0.1) is 12.2 Å². The third-order valence-electron chi connectivity index (χ3n) is 3.45. The Kier molecular flexibility index (Phi) is 7.91. The summed E-state index contributed by atoms with van der Waals surface area (Å²) < 4.78 is 15.6. The number of rotatable bonds is 10. The number of halogens is 1. The fourth-order valence-corrected chi connectivity index (χ4v) is 2.38. The third-order valence-corrected chi connectivity index (χ3v) is 3.68. The Balaban J connectivity index is 2.02. The van der Waals surface area contributed by atoms with Crippen molar-refractivity contribution in [1.82, 2.24) is 5.32 Å². The van der Waals surface area contributed by atoms with E-state index in [2.05, 4.69) is 5.32 Å². The van der Waals surface area contributed by atoms with Gasteiger partial charge in [0.25, 0.3) is 5.91 Å². The molecule has 0 aliphatic carbocycles. The summed E-state index contributed by atoms with van der Waals surface area (Å²) in [7, 11) is 1.56. The third kappa shape index (κ3) is 6.80. The minimum atomic E-state index is -1.06. The number of aliphatic carboxylic acids is 1. The highest BCUT2D eigenvalue weighted by Gasteiger charge is 2.13. The molecule has 2 aromatic rings. The quantitative estimate of drug-likeness (QED) is 0.603. The molecule has 0 unspecified atom stereocenters. The number of carboxylic acids is 1. The Hall–Kier alpha value is -2.77. The maximum Gasteiger partial charge on any atom is 0.341 e. The van der Waals surface area contributed by atoms with Crippen molar-refractivity contribution in [3.05, 3.63) is 58.6 Å². The molecule has 0 radical (unpaired) electrons. The van der Waals surface area contributed by atoms with Crippen molar-refractivity contribution in [1.29, 1.82) is 0 Å². The number of methoxy groups -OCH3 is 1. The second-order valence-electron chi connectivity index (χ2n) is 5.49. The van der Waals surface area contributed by atoms with Gasteiger partial charge in [-0.1, -0.05) is 23.7 Å². The van der Waals surface area contributed by atoms with Crippen LogP contribution in [0, 0.1) is 0 Å².